The van der Waals surface area contributed by atoms with Gasteiger partial charge in [-0.2, -0.15) is 0 Å². The Labute approximate surface area is 182 Å². The molecule has 0 spiro atoms. The quantitative estimate of drug-likeness (QED) is 0.709. The van der Waals surface area contributed by atoms with Gasteiger partial charge in [0.1, 0.15) is 11.8 Å². The predicted molar refractivity (Wildman–Crippen MR) is 118 cm³/mol. The number of nitrogens with zero attached hydrogens (tertiary/aromatic N) is 2. The summed E-state index contributed by atoms with van der Waals surface area (Å²) in [6.07, 6.45) is 4.84. The van der Waals surface area contributed by atoms with Gasteiger partial charge in [-0.25, -0.2) is 9.69 Å². The molecule has 31 heavy (non-hydrogen) atoms. The first-order valence-corrected chi connectivity index (χ1v) is 10.7. The largest absolute Gasteiger partial charge is 0.497 e. The normalized spacial score (nSPS) is 19.6. The summed E-state index contributed by atoms with van der Waals surface area (Å²) in [5.74, 6) is 0.0511. The van der Waals surface area contributed by atoms with Crippen molar-refractivity contribution in [2.45, 2.75) is 50.6 Å². The van der Waals surface area contributed by atoms with E-state index in [0.29, 0.717) is 17.1 Å². The third-order valence-corrected chi connectivity index (χ3v) is 5.99. The third kappa shape index (κ3) is 4.40. The molecule has 7 heteroatoms. The number of carbonyl (C=O) groups excluding carboxylic acids is 3. The molecule has 7 nitrogen and oxygen atoms in total. The monoisotopic (exact) mass is 421 g/mol. The average Bonchev–Trinajstić information content (AvgIpc) is 3.04. The summed E-state index contributed by atoms with van der Waals surface area (Å²) in [6.45, 7) is 0. The van der Waals surface area contributed by atoms with Crippen LogP contribution < -0.4 is 15.0 Å². The Kier molecular flexibility index (Phi) is 6.21. The van der Waals surface area contributed by atoms with Crippen LogP contribution in [-0.4, -0.2) is 41.9 Å². The first-order valence-electron chi connectivity index (χ1n) is 10.7. The molecule has 4 rings (SSSR count). The molecule has 2 aliphatic rings. The number of nitrogens with one attached hydrogen (secondary N) is 1. The summed E-state index contributed by atoms with van der Waals surface area (Å²) >= 11 is 0. The third-order valence-electron chi connectivity index (χ3n) is 5.99. The first kappa shape index (κ1) is 20.9. The Morgan fingerprint density at radius 1 is 1.00 bits per heavy atom. The molecule has 2 aromatic carbocycles. The van der Waals surface area contributed by atoms with E-state index in [1.165, 1.54) is 4.90 Å². The molecule has 1 saturated carbocycles. The minimum absolute atomic E-state index is 0.0160. The number of methoxy groups -OCH3 is 1. The van der Waals surface area contributed by atoms with E-state index in [0.717, 1.165) is 32.1 Å². The van der Waals surface area contributed by atoms with Crippen molar-refractivity contribution < 1.29 is 19.1 Å². The summed E-state index contributed by atoms with van der Waals surface area (Å²) in [6, 6.07) is 14.8. The number of para-hydroxylation sites is 1. The molecule has 1 aliphatic carbocycles. The lowest BCUT2D eigenvalue weighted by molar-refractivity contribution is -0.125. The van der Waals surface area contributed by atoms with Gasteiger partial charge < -0.3 is 15.0 Å². The second-order valence-electron chi connectivity index (χ2n) is 7.99. The van der Waals surface area contributed by atoms with E-state index in [9.17, 15) is 14.4 Å². The second-order valence-corrected chi connectivity index (χ2v) is 7.99. The first-order chi connectivity index (χ1) is 15.1. The maximum Gasteiger partial charge on any atom is 0.332 e. The van der Waals surface area contributed by atoms with Gasteiger partial charge in [0, 0.05) is 11.7 Å². The van der Waals surface area contributed by atoms with Crippen LogP contribution in [0.5, 0.6) is 5.75 Å². The standard InChI is InChI=1S/C24H27N3O4/c1-31-20-14-12-17(13-15-20)25-22(28)16-21-23(29)27(19-10-6-3-7-11-19)24(30)26(21)18-8-4-2-5-9-18/h3,6-7,10-15,18,21H,2,4-5,8-9,16H2,1H3,(H,25,28)/t21-/m1/s1. The van der Waals surface area contributed by atoms with Gasteiger partial charge in [-0.1, -0.05) is 37.5 Å². The zero-order chi connectivity index (χ0) is 21.8. The van der Waals surface area contributed by atoms with Crippen molar-refractivity contribution in [1.82, 2.24) is 4.90 Å². The zero-order valence-corrected chi connectivity index (χ0v) is 17.6. The fourth-order valence-corrected chi connectivity index (χ4v) is 4.44. The van der Waals surface area contributed by atoms with E-state index >= 15 is 0 Å². The van der Waals surface area contributed by atoms with Crippen LogP contribution in [0.25, 0.3) is 0 Å². The van der Waals surface area contributed by atoms with Gasteiger partial charge in [0.2, 0.25) is 5.91 Å². The van der Waals surface area contributed by atoms with Gasteiger partial charge in [-0.15, -0.1) is 0 Å². The molecule has 162 valence electrons. The number of hydrogen-bond acceptors (Lipinski definition) is 4. The van der Waals surface area contributed by atoms with Crippen molar-refractivity contribution in [2.75, 3.05) is 17.3 Å². The number of carbonyl (C=O) groups is 3. The van der Waals surface area contributed by atoms with Crippen molar-refractivity contribution in [3.8, 4) is 5.75 Å². The molecule has 0 aromatic heterocycles. The molecule has 1 heterocycles. The van der Waals surface area contributed by atoms with Crippen LogP contribution in [-0.2, 0) is 9.59 Å². The highest BCUT2D eigenvalue weighted by Gasteiger charge is 2.49. The number of ether oxygens (including phenoxy) is 1. The molecule has 2 aromatic rings. The molecular formula is C24H27N3O4. The molecule has 4 amide bonds. The highest BCUT2D eigenvalue weighted by Crippen LogP contribution is 2.33. The molecule has 1 saturated heterocycles. The van der Waals surface area contributed by atoms with Crippen LogP contribution >= 0.6 is 0 Å². The molecular weight excluding hydrogens is 394 g/mol. The molecule has 0 radical (unpaired) electrons. The number of anilines is 2. The van der Waals surface area contributed by atoms with Gasteiger partial charge >= 0.3 is 6.03 Å². The van der Waals surface area contributed by atoms with Crippen LogP contribution in [0.3, 0.4) is 0 Å². The van der Waals surface area contributed by atoms with Crippen LogP contribution in [0.4, 0.5) is 16.2 Å². The molecule has 1 N–H and O–H groups in total. The van der Waals surface area contributed by atoms with Gasteiger partial charge in [0.15, 0.2) is 0 Å². The van der Waals surface area contributed by atoms with Crippen molar-refractivity contribution in [3.05, 3.63) is 54.6 Å². The zero-order valence-electron chi connectivity index (χ0n) is 17.6. The summed E-state index contributed by atoms with van der Waals surface area (Å²) in [4.78, 5) is 42.3. The lowest BCUT2D eigenvalue weighted by atomic mass is 9.93. The molecule has 2 fully saturated rings. The van der Waals surface area contributed by atoms with Gasteiger partial charge in [-0.3, -0.25) is 9.59 Å². The van der Waals surface area contributed by atoms with Crippen LogP contribution in [0.15, 0.2) is 54.6 Å². The number of hydrogen-bond donors (Lipinski definition) is 1. The summed E-state index contributed by atoms with van der Waals surface area (Å²) in [7, 11) is 1.58. The average molecular weight is 421 g/mol. The minimum atomic E-state index is -0.797. The number of rotatable bonds is 6. The maximum atomic E-state index is 13.3. The topological polar surface area (TPSA) is 79.0 Å². The number of amides is 4. The van der Waals surface area contributed by atoms with E-state index in [-0.39, 0.29) is 30.3 Å². The smallest absolute Gasteiger partial charge is 0.332 e. The molecule has 1 atom stereocenters. The van der Waals surface area contributed by atoms with Gasteiger partial charge in [0.25, 0.3) is 5.91 Å². The summed E-state index contributed by atoms with van der Waals surface area (Å²) in [5, 5.41) is 2.83. The number of benzene rings is 2. The summed E-state index contributed by atoms with van der Waals surface area (Å²) in [5.41, 5.74) is 1.16. The minimum Gasteiger partial charge on any atom is -0.497 e. The predicted octanol–water partition coefficient (Wildman–Crippen LogP) is 4.19. The Bertz CT molecular complexity index is 939. The summed E-state index contributed by atoms with van der Waals surface area (Å²) < 4.78 is 5.14. The van der Waals surface area contributed by atoms with Crippen molar-refractivity contribution in [3.63, 3.8) is 0 Å². The van der Waals surface area contributed by atoms with Crippen molar-refractivity contribution in [2.24, 2.45) is 0 Å². The maximum absolute atomic E-state index is 13.3. The van der Waals surface area contributed by atoms with Gasteiger partial charge in [-0.05, 0) is 49.2 Å². The Balaban J connectivity index is 1.55. The van der Waals surface area contributed by atoms with Crippen molar-refractivity contribution >= 4 is 29.2 Å². The van der Waals surface area contributed by atoms with E-state index in [4.69, 9.17) is 4.74 Å². The molecule has 0 unspecified atom stereocenters. The highest BCUT2D eigenvalue weighted by molar-refractivity contribution is 6.22. The van der Waals surface area contributed by atoms with E-state index in [1.807, 2.05) is 6.07 Å². The van der Waals surface area contributed by atoms with E-state index in [2.05, 4.69) is 5.32 Å². The number of urea groups is 1. The number of imide groups is 1. The Hall–Kier alpha value is -3.35. The fourth-order valence-electron chi connectivity index (χ4n) is 4.44. The van der Waals surface area contributed by atoms with Gasteiger partial charge in [0.05, 0.1) is 19.2 Å². The fraction of sp³-hybridized carbons (Fsp3) is 0.375. The molecule has 1 aliphatic heterocycles. The molecule has 0 bridgehead atoms. The highest BCUT2D eigenvalue weighted by atomic mass is 16.5. The lowest BCUT2D eigenvalue weighted by Crippen LogP contribution is -2.45. The second kappa shape index (κ2) is 9.20. The van der Waals surface area contributed by atoms with Crippen molar-refractivity contribution in [1.29, 1.82) is 0 Å². The van der Waals surface area contributed by atoms with Crippen LogP contribution in [0, 0.1) is 0 Å². The van der Waals surface area contributed by atoms with E-state index < -0.39 is 6.04 Å². The van der Waals surface area contributed by atoms with E-state index in [1.54, 1.807) is 60.5 Å². The lowest BCUT2D eigenvalue weighted by Gasteiger charge is -2.33. The SMILES string of the molecule is COc1ccc(NC(=O)C[C@@H]2C(=O)N(c3ccccc3)C(=O)N2C2CCCCC2)cc1. The Morgan fingerprint density at radius 2 is 1.68 bits per heavy atom. The van der Waals surface area contributed by atoms with Crippen LogP contribution in [0.2, 0.25) is 0 Å². The van der Waals surface area contributed by atoms with Crippen LogP contribution in [0.1, 0.15) is 38.5 Å². The Morgan fingerprint density at radius 3 is 2.32 bits per heavy atom.